The van der Waals surface area contributed by atoms with Gasteiger partial charge in [-0.3, -0.25) is 0 Å². The summed E-state index contributed by atoms with van der Waals surface area (Å²) in [7, 11) is 0. The quantitative estimate of drug-likeness (QED) is 0.869. The van der Waals surface area contributed by atoms with Gasteiger partial charge in [0, 0.05) is 24.8 Å². The summed E-state index contributed by atoms with van der Waals surface area (Å²) in [5.41, 5.74) is 0.989. The molecule has 1 aromatic heterocycles. The highest BCUT2D eigenvalue weighted by molar-refractivity contribution is 5.04. The van der Waals surface area contributed by atoms with E-state index in [2.05, 4.69) is 31.2 Å². The molecule has 0 amide bonds. The molecule has 0 aromatic carbocycles. The molecule has 1 aliphatic heterocycles. The average molecular weight is 254 g/mol. The fourth-order valence-electron chi connectivity index (χ4n) is 1.71. The highest BCUT2D eigenvalue weighted by atomic mass is 16.6. The first-order valence-corrected chi connectivity index (χ1v) is 6.42. The number of ether oxygens (including phenoxy) is 2. The van der Waals surface area contributed by atoms with Crippen molar-refractivity contribution >= 4 is 0 Å². The van der Waals surface area contributed by atoms with Crippen LogP contribution in [0.2, 0.25) is 0 Å². The van der Waals surface area contributed by atoms with Crippen LogP contribution in [0.4, 0.5) is 0 Å². The zero-order valence-electron chi connectivity index (χ0n) is 11.4. The van der Waals surface area contributed by atoms with E-state index in [1.807, 2.05) is 6.07 Å². The molecule has 1 N–H and O–H groups in total. The Hall–Kier alpha value is -0.910. The van der Waals surface area contributed by atoms with Crippen LogP contribution in [0.15, 0.2) is 10.6 Å². The predicted octanol–water partition coefficient (Wildman–Crippen LogP) is 1.87. The molecule has 1 aliphatic rings. The van der Waals surface area contributed by atoms with Gasteiger partial charge in [-0.15, -0.1) is 0 Å². The van der Waals surface area contributed by atoms with Crippen molar-refractivity contribution in [1.82, 2.24) is 10.5 Å². The lowest BCUT2D eigenvalue weighted by molar-refractivity contribution is 0.0212. The number of nitrogens with zero attached hydrogens (tertiary/aromatic N) is 1. The van der Waals surface area contributed by atoms with Gasteiger partial charge in [-0.05, 0) is 27.2 Å². The first-order valence-electron chi connectivity index (χ1n) is 6.42. The van der Waals surface area contributed by atoms with E-state index in [1.54, 1.807) is 0 Å². The highest BCUT2D eigenvalue weighted by Gasteiger charge is 2.17. The van der Waals surface area contributed by atoms with E-state index in [1.165, 1.54) is 0 Å². The molecule has 1 fully saturated rings. The van der Waals surface area contributed by atoms with Gasteiger partial charge in [0.2, 0.25) is 0 Å². The molecular formula is C13H22N2O3. The van der Waals surface area contributed by atoms with Crippen molar-refractivity contribution in [3.8, 4) is 0 Å². The van der Waals surface area contributed by atoms with Crippen LogP contribution in [0.1, 0.15) is 38.6 Å². The Bertz CT molecular complexity index is 365. The standard InChI is InChI=1S/C13H22N2O3/c1-13(2,3)14-7-10-6-12(18-15-10)9-17-11-4-5-16-8-11/h6,11,14H,4-5,7-9H2,1-3H3. The molecule has 1 saturated heterocycles. The molecule has 2 heterocycles. The summed E-state index contributed by atoms with van der Waals surface area (Å²) in [6, 6.07) is 1.94. The van der Waals surface area contributed by atoms with Gasteiger partial charge in [-0.2, -0.15) is 0 Å². The van der Waals surface area contributed by atoms with Gasteiger partial charge >= 0.3 is 0 Å². The molecule has 1 aromatic rings. The molecule has 102 valence electrons. The summed E-state index contributed by atoms with van der Waals surface area (Å²) < 4.78 is 16.1. The Morgan fingerprint density at radius 3 is 3.00 bits per heavy atom. The van der Waals surface area contributed by atoms with Gasteiger partial charge in [0.1, 0.15) is 6.61 Å². The van der Waals surface area contributed by atoms with Gasteiger partial charge in [-0.1, -0.05) is 5.16 Å². The third-order valence-corrected chi connectivity index (χ3v) is 2.76. The predicted molar refractivity (Wildman–Crippen MR) is 67.1 cm³/mol. The van der Waals surface area contributed by atoms with Crippen LogP contribution in [0.25, 0.3) is 0 Å². The average Bonchev–Trinajstić information content (AvgIpc) is 2.94. The Morgan fingerprint density at radius 1 is 1.50 bits per heavy atom. The van der Waals surface area contributed by atoms with Crippen molar-refractivity contribution in [3.05, 3.63) is 17.5 Å². The lowest BCUT2D eigenvalue weighted by Crippen LogP contribution is -2.35. The fraction of sp³-hybridized carbons (Fsp3) is 0.769. The molecule has 0 radical (unpaired) electrons. The molecule has 18 heavy (non-hydrogen) atoms. The van der Waals surface area contributed by atoms with Gasteiger partial charge in [-0.25, -0.2) is 0 Å². The van der Waals surface area contributed by atoms with Crippen molar-refractivity contribution in [2.45, 2.75) is 52.0 Å². The fourth-order valence-corrected chi connectivity index (χ4v) is 1.71. The Morgan fingerprint density at radius 2 is 2.33 bits per heavy atom. The van der Waals surface area contributed by atoms with E-state index in [0.717, 1.165) is 24.5 Å². The van der Waals surface area contributed by atoms with Crippen molar-refractivity contribution in [1.29, 1.82) is 0 Å². The minimum atomic E-state index is 0.0802. The van der Waals surface area contributed by atoms with Crippen molar-refractivity contribution in [3.63, 3.8) is 0 Å². The molecule has 0 saturated carbocycles. The number of aromatic nitrogens is 1. The molecule has 5 heteroatoms. The summed E-state index contributed by atoms with van der Waals surface area (Å²) in [5, 5.41) is 7.38. The minimum absolute atomic E-state index is 0.0802. The van der Waals surface area contributed by atoms with Crippen LogP contribution in [-0.2, 0) is 22.6 Å². The second-order valence-electron chi connectivity index (χ2n) is 5.68. The van der Waals surface area contributed by atoms with E-state index in [0.29, 0.717) is 19.8 Å². The molecule has 0 bridgehead atoms. The maximum atomic E-state index is 5.67. The molecule has 5 nitrogen and oxygen atoms in total. The van der Waals surface area contributed by atoms with Crippen molar-refractivity contribution < 1.29 is 14.0 Å². The van der Waals surface area contributed by atoms with E-state index >= 15 is 0 Å². The maximum absolute atomic E-state index is 5.67. The zero-order chi connectivity index (χ0) is 13.0. The number of rotatable bonds is 5. The van der Waals surface area contributed by atoms with E-state index < -0.39 is 0 Å². The van der Waals surface area contributed by atoms with Crippen LogP contribution in [-0.4, -0.2) is 30.0 Å². The minimum Gasteiger partial charge on any atom is -0.379 e. The first-order chi connectivity index (χ1) is 8.53. The Kier molecular flexibility index (Phi) is 4.37. The van der Waals surface area contributed by atoms with Crippen LogP contribution >= 0.6 is 0 Å². The highest BCUT2D eigenvalue weighted by Crippen LogP contribution is 2.12. The van der Waals surface area contributed by atoms with Gasteiger partial charge in [0.15, 0.2) is 5.76 Å². The van der Waals surface area contributed by atoms with Crippen LogP contribution in [0.3, 0.4) is 0 Å². The summed E-state index contributed by atoms with van der Waals surface area (Å²) in [4.78, 5) is 0. The van der Waals surface area contributed by atoms with Gasteiger partial charge in [0.25, 0.3) is 0 Å². The van der Waals surface area contributed by atoms with Crippen LogP contribution in [0.5, 0.6) is 0 Å². The summed E-state index contributed by atoms with van der Waals surface area (Å²) in [6.45, 7) is 9.02. The van der Waals surface area contributed by atoms with Crippen LogP contribution in [0, 0.1) is 0 Å². The molecule has 1 unspecified atom stereocenters. The van der Waals surface area contributed by atoms with Gasteiger partial charge < -0.3 is 19.3 Å². The van der Waals surface area contributed by atoms with Crippen molar-refractivity contribution in [2.24, 2.45) is 0 Å². The normalized spacial score (nSPS) is 20.5. The number of hydrogen-bond acceptors (Lipinski definition) is 5. The van der Waals surface area contributed by atoms with Crippen molar-refractivity contribution in [2.75, 3.05) is 13.2 Å². The largest absolute Gasteiger partial charge is 0.379 e. The molecule has 0 aliphatic carbocycles. The molecule has 0 spiro atoms. The monoisotopic (exact) mass is 254 g/mol. The van der Waals surface area contributed by atoms with E-state index in [4.69, 9.17) is 14.0 Å². The molecule has 2 rings (SSSR count). The number of hydrogen-bond donors (Lipinski definition) is 1. The summed E-state index contributed by atoms with van der Waals surface area (Å²) in [6.07, 6.45) is 1.17. The lowest BCUT2D eigenvalue weighted by atomic mass is 10.1. The van der Waals surface area contributed by atoms with Crippen LogP contribution < -0.4 is 5.32 Å². The summed E-state index contributed by atoms with van der Waals surface area (Å²) in [5.74, 6) is 0.771. The second kappa shape index (κ2) is 5.82. The first kappa shape index (κ1) is 13.5. The SMILES string of the molecule is CC(C)(C)NCc1cc(COC2CCOC2)on1. The molecule has 1 atom stereocenters. The zero-order valence-corrected chi connectivity index (χ0v) is 11.4. The molecular weight excluding hydrogens is 232 g/mol. The van der Waals surface area contributed by atoms with E-state index in [-0.39, 0.29) is 11.6 Å². The Labute approximate surface area is 108 Å². The van der Waals surface area contributed by atoms with E-state index in [9.17, 15) is 0 Å². The number of nitrogens with one attached hydrogen (secondary N) is 1. The summed E-state index contributed by atoms with van der Waals surface area (Å²) >= 11 is 0. The Balaban J connectivity index is 1.75. The van der Waals surface area contributed by atoms with Gasteiger partial charge in [0.05, 0.1) is 18.4 Å². The third-order valence-electron chi connectivity index (χ3n) is 2.76. The topological polar surface area (TPSA) is 56.5 Å². The third kappa shape index (κ3) is 4.40. The second-order valence-corrected chi connectivity index (χ2v) is 5.68. The smallest absolute Gasteiger partial charge is 0.162 e. The lowest BCUT2D eigenvalue weighted by Gasteiger charge is -2.19. The maximum Gasteiger partial charge on any atom is 0.162 e.